The Kier molecular flexibility index (Phi) is 8.12. The Morgan fingerprint density at radius 2 is 1.71 bits per heavy atom. The molecule has 0 aliphatic rings. The minimum Gasteiger partial charge on any atom is -0.451 e. The van der Waals surface area contributed by atoms with Crippen molar-refractivity contribution in [3.63, 3.8) is 0 Å². The van der Waals surface area contributed by atoms with Gasteiger partial charge in [0, 0.05) is 18.0 Å². The van der Waals surface area contributed by atoms with Crippen LogP contribution in [0.3, 0.4) is 0 Å². The average molecular weight is 415 g/mol. The molecule has 0 aromatic heterocycles. The number of hydrogen-bond acceptors (Lipinski definition) is 6. The number of halogens is 3. The van der Waals surface area contributed by atoms with Gasteiger partial charge in [-0.3, -0.25) is 10.0 Å². The summed E-state index contributed by atoms with van der Waals surface area (Å²) >= 11 is 0.969. The van der Waals surface area contributed by atoms with Gasteiger partial charge >= 0.3 is 0 Å². The highest BCUT2D eigenvalue weighted by Crippen LogP contribution is 2.33. The van der Waals surface area contributed by atoms with Crippen LogP contribution in [0.2, 0.25) is 0 Å². The van der Waals surface area contributed by atoms with Crippen LogP contribution in [-0.4, -0.2) is 54.0 Å². The van der Waals surface area contributed by atoms with Crippen molar-refractivity contribution in [1.29, 1.82) is 0 Å². The van der Waals surface area contributed by atoms with E-state index in [1.165, 1.54) is 17.6 Å². The second kappa shape index (κ2) is 10.3. The molecular formula is C18H20F3N3O3S. The molecule has 6 nitrogen and oxygen atoms in total. The fourth-order valence-electron chi connectivity index (χ4n) is 2.12. The first-order valence-electron chi connectivity index (χ1n) is 8.21. The van der Waals surface area contributed by atoms with Gasteiger partial charge in [-0.05, 0) is 62.4 Å². The number of nitrogens with one attached hydrogen (secondary N) is 1. The topological polar surface area (TPSA) is 65.0 Å². The maximum absolute atomic E-state index is 14.4. The summed E-state index contributed by atoms with van der Waals surface area (Å²) in [6, 6.07) is 6.90. The van der Waals surface area contributed by atoms with E-state index in [0.717, 1.165) is 36.2 Å². The monoisotopic (exact) mass is 415 g/mol. The largest absolute Gasteiger partial charge is 0.451 e. The highest BCUT2D eigenvalue weighted by molar-refractivity contribution is 7.97. The predicted octanol–water partition coefficient (Wildman–Crippen LogP) is 3.27. The molecule has 0 atom stereocenters. The van der Waals surface area contributed by atoms with E-state index < -0.39 is 29.1 Å². The summed E-state index contributed by atoms with van der Waals surface area (Å²) in [5.41, 5.74) is 1.53. The Bertz CT molecular complexity index is 783. The van der Waals surface area contributed by atoms with Gasteiger partial charge in [0.1, 0.15) is 11.6 Å². The Morgan fingerprint density at radius 3 is 2.25 bits per heavy atom. The second-order valence-corrected chi connectivity index (χ2v) is 7.24. The number of hydroxylamine groups is 1. The number of hydrogen-bond donors (Lipinski definition) is 2. The van der Waals surface area contributed by atoms with Crippen LogP contribution in [0.15, 0.2) is 41.3 Å². The van der Waals surface area contributed by atoms with Gasteiger partial charge in [-0.1, -0.05) is 0 Å². The number of amides is 1. The van der Waals surface area contributed by atoms with Crippen LogP contribution in [0.5, 0.6) is 11.5 Å². The molecule has 152 valence electrons. The standard InChI is InChI=1S/C18H20F3N3O3S/c1-23(2)7-8-24(11-17(25)22-26)28-14-9-15(20)18(16(21)10-14)27-13-5-3-12(19)4-6-13/h3-6,9-10,26H,7-8,11H2,1-2H3,(H,22,25). The highest BCUT2D eigenvalue weighted by Gasteiger charge is 2.18. The molecule has 0 spiro atoms. The van der Waals surface area contributed by atoms with Crippen molar-refractivity contribution in [3.8, 4) is 11.5 Å². The Hall–Kier alpha value is -2.27. The molecule has 0 aliphatic heterocycles. The predicted molar refractivity (Wildman–Crippen MR) is 98.7 cm³/mol. The van der Waals surface area contributed by atoms with Crippen LogP contribution >= 0.6 is 11.9 Å². The zero-order chi connectivity index (χ0) is 20.7. The molecule has 10 heteroatoms. The lowest BCUT2D eigenvalue weighted by Gasteiger charge is -2.22. The van der Waals surface area contributed by atoms with Crippen LogP contribution in [-0.2, 0) is 4.79 Å². The fraction of sp³-hybridized carbons (Fsp3) is 0.278. The van der Waals surface area contributed by atoms with E-state index in [1.54, 1.807) is 4.31 Å². The number of likely N-dealkylation sites (N-methyl/N-ethyl adjacent to an activating group) is 1. The van der Waals surface area contributed by atoms with E-state index in [2.05, 4.69) is 0 Å². The third-order valence-corrected chi connectivity index (χ3v) is 4.50. The van der Waals surface area contributed by atoms with Crippen molar-refractivity contribution in [3.05, 3.63) is 53.8 Å². The normalized spacial score (nSPS) is 11.1. The van der Waals surface area contributed by atoms with Crippen LogP contribution in [0.25, 0.3) is 0 Å². The molecule has 0 saturated heterocycles. The summed E-state index contributed by atoms with van der Waals surface area (Å²) in [5, 5.41) is 8.70. The van der Waals surface area contributed by atoms with Crippen molar-refractivity contribution < 1.29 is 27.9 Å². The molecule has 0 bridgehead atoms. The van der Waals surface area contributed by atoms with Gasteiger partial charge in [-0.2, -0.15) is 0 Å². The molecule has 2 aromatic carbocycles. The smallest absolute Gasteiger partial charge is 0.258 e. The molecule has 0 saturated carbocycles. The molecule has 0 aliphatic carbocycles. The van der Waals surface area contributed by atoms with Crippen LogP contribution in [0, 0.1) is 17.5 Å². The van der Waals surface area contributed by atoms with Crippen molar-refractivity contribution in [2.24, 2.45) is 0 Å². The lowest BCUT2D eigenvalue weighted by molar-refractivity contribution is -0.129. The molecule has 0 unspecified atom stereocenters. The third-order valence-electron chi connectivity index (χ3n) is 3.48. The van der Waals surface area contributed by atoms with Gasteiger partial charge in [0.25, 0.3) is 5.91 Å². The van der Waals surface area contributed by atoms with Gasteiger partial charge in [0.2, 0.25) is 0 Å². The van der Waals surface area contributed by atoms with Crippen molar-refractivity contribution in [2.45, 2.75) is 4.90 Å². The SMILES string of the molecule is CN(C)CCN(CC(=O)NO)Sc1cc(F)c(Oc2ccc(F)cc2)c(F)c1. The first-order valence-corrected chi connectivity index (χ1v) is 8.99. The number of rotatable bonds is 9. The third kappa shape index (κ3) is 6.71. The summed E-state index contributed by atoms with van der Waals surface area (Å²) in [6.07, 6.45) is 0. The first kappa shape index (κ1) is 22.0. The maximum Gasteiger partial charge on any atom is 0.258 e. The Balaban J connectivity index is 2.15. The van der Waals surface area contributed by atoms with Crippen LogP contribution < -0.4 is 10.2 Å². The first-order chi connectivity index (χ1) is 13.3. The quantitative estimate of drug-likeness (QED) is 0.372. The zero-order valence-corrected chi connectivity index (χ0v) is 16.1. The molecule has 28 heavy (non-hydrogen) atoms. The molecule has 0 heterocycles. The van der Waals surface area contributed by atoms with E-state index in [-0.39, 0.29) is 17.2 Å². The number of benzene rings is 2. The van der Waals surface area contributed by atoms with E-state index in [4.69, 9.17) is 9.94 Å². The number of nitrogens with zero attached hydrogens (tertiary/aromatic N) is 2. The van der Waals surface area contributed by atoms with E-state index in [9.17, 15) is 18.0 Å². The minimum absolute atomic E-state index is 0.0897. The lowest BCUT2D eigenvalue weighted by Crippen LogP contribution is -2.35. The summed E-state index contributed by atoms with van der Waals surface area (Å²) in [6.45, 7) is 0.816. The number of carbonyl (C=O) groups is 1. The van der Waals surface area contributed by atoms with Gasteiger partial charge in [0.05, 0.1) is 6.54 Å². The van der Waals surface area contributed by atoms with Crippen LogP contribution in [0.4, 0.5) is 13.2 Å². The Labute approximate surface area is 165 Å². The molecule has 1 amide bonds. The summed E-state index contributed by atoms with van der Waals surface area (Å²) in [4.78, 5) is 13.5. The molecule has 2 aromatic rings. The molecule has 2 rings (SSSR count). The van der Waals surface area contributed by atoms with Gasteiger partial charge in [-0.15, -0.1) is 0 Å². The lowest BCUT2D eigenvalue weighted by atomic mass is 10.3. The van der Waals surface area contributed by atoms with Crippen molar-refractivity contribution in [2.75, 3.05) is 33.7 Å². The zero-order valence-electron chi connectivity index (χ0n) is 15.3. The van der Waals surface area contributed by atoms with Gasteiger partial charge in [0.15, 0.2) is 17.4 Å². The van der Waals surface area contributed by atoms with Crippen molar-refractivity contribution in [1.82, 2.24) is 14.7 Å². The maximum atomic E-state index is 14.4. The fourth-order valence-corrected chi connectivity index (χ4v) is 3.09. The summed E-state index contributed by atoms with van der Waals surface area (Å²) in [5.74, 6) is -3.54. The molecular weight excluding hydrogens is 395 g/mol. The van der Waals surface area contributed by atoms with Crippen LogP contribution in [0.1, 0.15) is 0 Å². The second-order valence-electron chi connectivity index (χ2n) is 6.07. The summed E-state index contributed by atoms with van der Waals surface area (Å²) < 4.78 is 48.4. The van der Waals surface area contributed by atoms with E-state index >= 15 is 0 Å². The van der Waals surface area contributed by atoms with Gasteiger partial charge in [-0.25, -0.2) is 23.0 Å². The van der Waals surface area contributed by atoms with E-state index in [0.29, 0.717) is 13.1 Å². The number of carbonyl (C=O) groups excluding carboxylic acids is 1. The molecule has 0 radical (unpaired) electrons. The molecule has 0 fully saturated rings. The minimum atomic E-state index is -0.939. The molecule has 2 N–H and O–H groups in total. The summed E-state index contributed by atoms with van der Waals surface area (Å²) in [7, 11) is 3.69. The van der Waals surface area contributed by atoms with Crippen molar-refractivity contribution >= 4 is 17.9 Å². The Morgan fingerprint density at radius 1 is 1.11 bits per heavy atom. The van der Waals surface area contributed by atoms with Gasteiger partial charge < -0.3 is 9.64 Å². The number of ether oxygens (including phenoxy) is 1. The van der Waals surface area contributed by atoms with E-state index in [1.807, 2.05) is 19.0 Å². The highest BCUT2D eigenvalue weighted by atomic mass is 32.2. The average Bonchev–Trinajstić information content (AvgIpc) is 2.64.